The number of H-pyrrole nitrogens is 4. The first-order valence-electron chi connectivity index (χ1n) is 31.4. The molecule has 1 aliphatic heterocycles. The highest BCUT2D eigenvalue weighted by atomic mass is 127. The lowest BCUT2D eigenvalue weighted by molar-refractivity contribution is 0.00578. The Balaban J connectivity index is 0.000000224. The van der Waals surface area contributed by atoms with E-state index in [1.807, 2.05) is 125 Å². The van der Waals surface area contributed by atoms with E-state index >= 15 is 0 Å². The number of rotatable bonds is 15. The Kier molecular flexibility index (Phi) is 32.5. The van der Waals surface area contributed by atoms with Crippen LogP contribution in [-0.4, -0.2) is 143 Å². The van der Waals surface area contributed by atoms with Gasteiger partial charge in [-0.3, -0.25) is 19.8 Å². The van der Waals surface area contributed by atoms with E-state index in [2.05, 4.69) is 191 Å². The van der Waals surface area contributed by atoms with Crippen molar-refractivity contribution in [2.75, 3.05) is 66.5 Å². The molecule has 10 aromatic rings. The van der Waals surface area contributed by atoms with Gasteiger partial charge in [0.15, 0.2) is 11.6 Å². The third-order valence-electron chi connectivity index (χ3n) is 15.4. The number of ketones is 2. The number of benzene rings is 4. The van der Waals surface area contributed by atoms with E-state index in [1.54, 1.807) is 66.2 Å². The van der Waals surface area contributed by atoms with Gasteiger partial charge in [-0.05, 0) is 220 Å². The van der Waals surface area contributed by atoms with Gasteiger partial charge < -0.3 is 28.4 Å². The van der Waals surface area contributed by atoms with Crippen molar-refractivity contribution in [3.8, 4) is 11.3 Å². The molecule has 4 N–H and O–H groups in total. The van der Waals surface area contributed by atoms with Gasteiger partial charge in [0.05, 0.1) is 14.9 Å². The summed E-state index contributed by atoms with van der Waals surface area (Å²) in [6.07, 6.45) is 8.30. The molecule has 0 spiro atoms. The average Bonchev–Trinajstić information content (AvgIpc) is 1.63. The monoisotopic (exact) mass is 1740 g/mol. The van der Waals surface area contributed by atoms with Crippen molar-refractivity contribution >= 4 is 176 Å². The van der Waals surface area contributed by atoms with Gasteiger partial charge in [0, 0.05) is 92.8 Å². The SMILES string of the molecule is Brc1ccc(Br)cc1.C=P(C)(C)c1ccc(B2OC(C)(C)C(C)(C)O2)cc1.CCO[P+](=O)OCC.CP(C)(=O)c1ccc(Br)cc1.C[P+](C)=O.Cc1[nH]nc(C(=O)Cc2cnc3[nH]c(-c4ccc(P(C)(C)=O)cc4)cc3c2)c1C.Cc1[nH]nc(C(=O)Cc2cnc3[nH]c(I)cc3c2)c1C. The van der Waals surface area contributed by atoms with E-state index < -0.39 is 37.2 Å². The number of fused-ring (bicyclic) bond motifs is 2. The van der Waals surface area contributed by atoms with Crippen molar-refractivity contribution in [2.24, 2.45) is 0 Å². The van der Waals surface area contributed by atoms with Gasteiger partial charge in [-0.15, -0.1) is 9.05 Å². The number of pyridine rings is 2. The minimum Gasteiger partial charge on any atom is -0.399 e. The van der Waals surface area contributed by atoms with Crippen LogP contribution in [0.3, 0.4) is 0 Å². The molecule has 0 unspecified atom stereocenters. The molecule has 528 valence electrons. The summed E-state index contributed by atoms with van der Waals surface area (Å²) in [5.74, 6) is -0.0128. The third-order valence-corrected chi connectivity index (χ3v) is 23.3. The number of aromatic amines is 4. The summed E-state index contributed by atoms with van der Waals surface area (Å²) < 4.78 is 69.2. The van der Waals surface area contributed by atoms with Gasteiger partial charge in [-0.25, -0.2) is 9.97 Å². The largest absolute Gasteiger partial charge is 0.697 e. The lowest BCUT2D eigenvalue weighted by atomic mass is 9.79. The lowest BCUT2D eigenvalue weighted by Crippen LogP contribution is -2.41. The Hall–Kier alpha value is -4.95. The second-order valence-electron chi connectivity index (χ2n) is 25.6. The standard InChI is InChI=1S/C22H23N4O2P.C15H24BO2P.C14H13IN4O.C8H10BrOP.C6H4Br2.C4H10O3P.C2H6OP/c1-13-14(2)25-26-21(13)20(27)10-15-9-17-11-19(24-22(17)23-12-15)16-5-7-18(8-6-16)29(3,4)28;1-14(2)15(3,4)18-16(17-14)12-8-10-13(11-9-12)19(5,6)7;1-7-8(2)18-19-13(7)11(20)4-9-3-10-5-12(15)17-14(10)16-6-9;1-11(2,10)8-5-3-7(9)4-6-8;7-5-1-2-6(8)4-3-5;1-3-6-8(5)7-4-2;1-4(2)3/h5-9,11-12H,10H2,1-4H3,(H,23,24)(H,25,26);8-11H,5H2,1-4,6-7H3;3,5-6H,4H2,1-2H3,(H,16,17)(H,18,19);3-6H,1-2H3;1-4H;3-4H2,1-2H3;1-2H3/q;;;;;2*+1. The van der Waals surface area contributed by atoms with Gasteiger partial charge in [0.1, 0.15) is 63.5 Å². The van der Waals surface area contributed by atoms with E-state index in [-0.39, 0.29) is 36.3 Å². The maximum Gasteiger partial charge on any atom is 0.697 e. The van der Waals surface area contributed by atoms with Crippen LogP contribution in [0.1, 0.15) is 96.2 Å². The molecule has 0 saturated carbocycles. The number of aromatic nitrogens is 8. The third kappa shape index (κ3) is 26.7. The van der Waals surface area contributed by atoms with Gasteiger partial charge in [-0.1, -0.05) is 126 Å². The summed E-state index contributed by atoms with van der Waals surface area (Å²) in [7, 11) is -7.30. The van der Waals surface area contributed by atoms with Crippen LogP contribution in [0.2, 0.25) is 0 Å². The van der Waals surface area contributed by atoms with Gasteiger partial charge in [0.2, 0.25) is 0 Å². The van der Waals surface area contributed by atoms with E-state index in [0.29, 0.717) is 31.0 Å². The van der Waals surface area contributed by atoms with Crippen molar-refractivity contribution in [3.05, 3.63) is 196 Å². The fraction of sp³-hybridized carbons (Fsp3) is 0.338. The fourth-order valence-electron chi connectivity index (χ4n) is 8.98. The zero-order valence-electron chi connectivity index (χ0n) is 59.4. The molecule has 0 radical (unpaired) electrons. The summed E-state index contributed by atoms with van der Waals surface area (Å²) >= 11 is 12.2. The normalized spacial score (nSPS) is 12.9. The smallest absolute Gasteiger partial charge is 0.399 e. The van der Waals surface area contributed by atoms with E-state index in [0.717, 1.165) is 100 Å². The van der Waals surface area contributed by atoms with Crippen molar-refractivity contribution in [1.82, 2.24) is 40.3 Å². The molecule has 1 fully saturated rings. The predicted molar refractivity (Wildman–Crippen MR) is 435 cm³/mol. The van der Waals surface area contributed by atoms with Crippen molar-refractivity contribution < 1.29 is 46.2 Å². The van der Waals surface area contributed by atoms with Crippen LogP contribution in [0.4, 0.5) is 0 Å². The summed E-state index contributed by atoms with van der Waals surface area (Å²) in [6.45, 7) is 34.0. The number of nitrogens with zero attached hydrogens (tertiary/aromatic N) is 4. The van der Waals surface area contributed by atoms with E-state index in [4.69, 9.17) is 9.31 Å². The number of hydrogen-bond acceptors (Lipinski definition) is 14. The zero-order chi connectivity index (χ0) is 74.0. The topological polar surface area (TPSA) is 254 Å². The average molecular weight is 1750 g/mol. The Morgan fingerprint density at radius 2 is 0.949 bits per heavy atom. The molecule has 1 saturated heterocycles. The summed E-state index contributed by atoms with van der Waals surface area (Å²) in [4.78, 5) is 40.1. The van der Waals surface area contributed by atoms with Gasteiger partial charge in [-0.2, -0.15) is 10.2 Å². The number of hydrogen-bond donors (Lipinski definition) is 4. The predicted octanol–water partition coefficient (Wildman–Crippen LogP) is 18.2. The molecule has 0 atom stereocenters. The molecule has 0 amide bonds. The number of halogens is 4. The summed E-state index contributed by atoms with van der Waals surface area (Å²) in [6, 6.07) is 39.8. The molecule has 6 aromatic heterocycles. The Labute approximate surface area is 624 Å². The zero-order valence-corrected chi connectivity index (χ0v) is 70.8. The Morgan fingerprint density at radius 3 is 1.31 bits per heavy atom. The van der Waals surface area contributed by atoms with Crippen LogP contribution in [-0.2, 0) is 49.5 Å². The molecular formula is C71H90BBr3IN8O10P5+2. The van der Waals surface area contributed by atoms with Crippen LogP contribution in [0.5, 0.6) is 0 Å². The van der Waals surface area contributed by atoms with E-state index in [9.17, 15) is 27.8 Å². The highest BCUT2D eigenvalue weighted by Crippen LogP contribution is 2.39. The maximum atomic E-state index is 12.6. The molecule has 11 rings (SSSR count). The molecular weight excluding hydrogens is 1660 g/mol. The van der Waals surface area contributed by atoms with Crippen molar-refractivity contribution in [1.29, 1.82) is 0 Å². The lowest BCUT2D eigenvalue weighted by Gasteiger charge is -2.32. The first kappa shape index (κ1) is 84.7. The van der Waals surface area contributed by atoms with Crippen LogP contribution < -0.4 is 21.4 Å². The van der Waals surface area contributed by atoms with Crippen molar-refractivity contribution in [3.63, 3.8) is 0 Å². The fourth-order valence-corrected chi connectivity index (χ4v) is 13.6. The summed E-state index contributed by atoms with van der Waals surface area (Å²) in [5.41, 5.74) is 10.5. The van der Waals surface area contributed by atoms with E-state index in [1.165, 1.54) is 5.30 Å². The molecule has 7 heterocycles. The Morgan fingerprint density at radius 1 is 0.586 bits per heavy atom. The number of carbonyl (C=O) groups is 2. The quantitative estimate of drug-likeness (QED) is 0.0322. The number of aryl methyl sites for hydroxylation is 2. The van der Waals surface area contributed by atoms with Crippen LogP contribution in [0.25, 0.3) is 33.3 Å². The number of carbonyl (C=O) groups excluding carboxylic acids is 2. The highest BCUT2D eigenvalue weighted by Gasteiger charge is 2.51. The molecule has 18 nitrogen and oxygen atoms in total. The second kappa shape index (κ2) is 38.0. The molecule has 1 aliphatic rings. The first-order valence-corrected chi connectivity index (χ1v) is 46.2. The molecule has 0 aliphatic carbocycles. The minimum absolute atomic E-state index is 0.0123. The number of nitrogens with one attached hydrogen (secondary N) is 4. The van der Waals surface area contributed by atoms with Crippen molar-refractivity contribution in [2.45, 2.75) is 93.3 Å². The minimum atomic E-state index is -2.27. The van der Waals surface area contributed by atoms with Crippen LogP contribution >= 0.6 is 108 Å². The number of Topliss-reactive ketones (excluding diaryl/α,β-unsaturated/α-hetero) is 2. The first-order chi connectivity index (χ1) is 46.1. The molecule has 0 bridgehead atoms. The van der Waals surface area contributed by atoms with Crippen LogP contribution in [0.15, 0.2) is 147 Å². The van der Waals surface area contributed by atoms with Crippen LogP contribution in [0, 0.1) is 31.4 Å². The van der Waals surface area contributed by atoms with Gasteiger partial charge >= 0.3 is 23.2 Å². The summed E-state index contributed by atoms with van der Waals surface area (Å²) in [5, 5.41) is 19.0. The van der Waals surface area contributed by atoms with Gasteiger partial charge in [0.25, 0.3) is 0 Å². The second-order valence-corrected chi connectivity index (χ2v) is 42.4. The maximum absolute atomic E-state index is 12.6. The molecule has 99 heavy (non-hydrogen) atoms. The highest BCUT2D eigenvalue weighted by molar-refractivity contribution is 14.1. The molecule has 28 heteroatoms. The molecule has 4 aromatic carbocycles. The Bertz CT molecular complexity index is 4480.